The summed E-state index contributed by atoms with van der Waals surface area (Å²) in [7, 11) is 1.81. The van der Waals surface area contributed by atoms with Crippen molar-refractivity contribution in [2.75, 3.05) is 5.32 Å². The van der Waals surface area contributed by atoms with Gasteiger partial charge in [-0.2, -0.15) is 10.4 Å². The Hall–Kier alpha value is -1.99. The van der Waals surface area contributed by atoms with Crippen molar-refractivity contribution < 1.29 is 0 Å². The zero-order chi connectivity index (χ0) is 12.3. The lowest BCUT2D eigenvalue weighted by Crippen LogP contribution is -2.08. The molecule has 1 aromatic carbocycles. The molecule has 0 saturated heterocycles. The van der Waals surface area contributed by atoms with Crippen LogP contribution >= 0.6 is 11.6 Å². The second kappa shape index (κ2) is 4.89. The standard InChI is InChI=1S/C12H11ClN4/c1-17-8-9(7-15-17)12(6-14)16-11-5-3-2-4-10(11)13/h2-5,7-8,12,16H,1H3. The number of hydrogen-bond donors (Lipinski definition) is 1. The molecule has 0 saturated carbocycles. The van der Waals surface area contributed by atoms with Gasteiger partial charge in [0.1, 0.15) is 6.04 Å². The van der Waals surface area contributed by atoms with Crippen molar-refractivity contribution in [1.29, 1.82) is 5.26 Å². The van der Waals surface area contributed by atoms with Crippen LogP contribution in [0.1, 0.15) is 11.6 Å². The zero-order valence-electron chi connectivity index (χ0n) is 9.26. The molecular formula is C12H11ClN4. The molecule has 1 atom stereocenters. The predicted octanol–water partition coefficient (Wildman–Crippen LogP) is 2.75. The first-order valence-corrected chi connectivity index (χ1v) is 5.47. The number of nitrogens with zero attached hydrogens (tertiary/aromatic N) is 3. The Morgan fingerprint density at radius 3 is 2.82 bits per heavy atom. The molecule has 86 valence electrons. The van der Waals surface area contributed by atoms with Crippen molar-refractivity contribution in [3.63, 3.8) is 0 Å². The van der Waals surface area contributed by atoms with Crippen LogP contribution in [0.25, 0.3) is 0 Å². The van der Waals surface area contributed by atoms with Crippen LogP contribution < -0.4 is 5.32 Å². The fourth-order valence-electron chi connectivity index (χ4n) is 1.51. The van der Waals surface area contributed by atoms with Gasteiger partial charge < -0.3 is 5.32 Å². The fraction of sp³-hybridized carbons (Fsp3) is 0.167. The number of nitrogens with one attached hydrogen (secondary N) is 1. The minimum absolute atomic E-state index is 0.455. The van der Waals surface area contributed by atoms with Crippen molar-refractivity contribution in [2.45, 2.75) is 6.04 Å². The Morgan fingerprint density at radius 1 is 1.47 bits per heavy atom. The Balaban J connectivity index is 2.22. The van der Waals surface area contributed by atoms with Gasteiger partial charge in [-0.3, -0.25) is 4.68 Å². The van der Waals surface area contributed by atoms with Gasteiger partial charge in [0.05, 0.1) is 23.0 Å². The lowest BCUT2D eigenvalue weighted by molar-refractivity contribution is 0.766. The monoisotopic (exact) mass is 246 g/mol. The molecule has 2 aromatic rings. The van der Waals surface area contributed by atoms with Crippen LogP contribution in [-0.2, 0) is 7.05 Å². The van der Waals surface area contributed by atoms with E-state index in [4.69, 9.17) is 16.9 Å². The van der Waals surface area contributed by atoms with Gasteiger partial charge in [0.25, 0.3) is 0 Å². The third-order valence-corrected chi connectivity index (χ3v) is 2.69. The summed E-state index contributed by atoms with van der Waals surface area (Å²) in [5.74, 6) is 0. The average molecular weight is 247 g/mol. The van der Waals surface area contributed by atoms with Crippen LogP contribution in [0.3, 0.4) is 0 Å². The first-order chi connectivity index (χ1) is 8.20. The lowest BCUT2D eigenvalue weighted by Gasteiger charge is -2.12. The second-order valence-corrected chi connectivity index (χ2v) is 4.04. The predicted molar refractivity (Wildman–Crippen MR) is 66.6 cm³/mol. The van der Waals surface area contributed by atoms with Gasteiger partial charge in [0, 0.05) is 18.8 Å². The zero-order valence-corrected chi connectivity index (χ0v) is 10.0. The summed E-state index contributed by atoms with van der Waals surface area (Å²) in [6, 6.07) is 9.06. The summed E-state index contributed by atoms with van der Waals surface area (Å²) in [5, 5.41) is 16.9. The first kappa shape index (κ1) is 11.5. The highest BCUT2D eigenvalue weighted by atomic mass is 35.5. The second-order valence-electron chi connectivity index (χ2n) is 3.63. The molecule has 0 fully saturated rings. The molecule has 0 spiro atoms. The summed E-state index contributed by atoms with van der Waals surface area (Å²) < 4.78 is 1.66. The molecule has 4 nitrogen and oxygen atoms in total. The number of hydrogen-bond acceptors (Lipinski definition) is 3. The van der Waals surface area contributed by atoms with Gasteiger partial charge in [-0.05, 0) is 12.1 Å². The maximum Gasteiger partial charge on any atom is 0.143 e. The van der Waals surface area contributed by atoms with Crippen LogP contribution in [0.2, 0.25) is 5.02 Å². The number of nitriles is 1. The average Bonchev–Trinajstić information content (AvgIpc) is 2.75. The first-order valence-electron chi connectivity index (χ1n) is 5.10. The van der Waals surface area contributed by atoms with Crippen LogP contribution in [0.4, 0.5) is 5.69 Å². The molecule has 0 amide bonds. The molecular weight excluding hydrogens is 236 g/mol. The molecule has 1 heterocycles. The number of aromatic nitrogens is 2. The van der Waals surface area contributed by atoms with E-state index in [1.165, 1.54) is 0 Å². The quantitative estimate of drug-likeness (QED) is 0.906. The molecule has 17 heavy (non-hydrogen) atoms. The molecule has 5 heteroatoms. The molecule has 1 aromatic heterocycles. The Labute approximate surface area is 104 Å². The van der Waals surface area contributed by atoms with Gasteiger partial charge in [-0.1, -0.05) is 23.7 Å². The molecule has 0 aliphatic heterocycles. The van der Waals surface area contributed by atoms with Crippen LogP contribution in [0.5, 0.6) is 0 Å². The van der Waals surface area contributed by atoms with Crippen molar-refractivity contribution in [2.24, 2.45) is 7.05 Å². The molecule has 1 N–H and O–H groups in total. The van der Waals surface area contributed by atoms with E-state index in [0.717, 1.165) is 11.3 Å². The number of benzene rings is 1. The lowest BCUT2D eigenvalue weighted by atomic mass is 10.1. The van der Waals surface area contributed by atoms with Crippen molar-refractivity contribution >= 4 is 17.3 Å². The molecule has 2 rings (SSSR count). The number of para-hydroxylation sites is 1. The van der Waals surface area contributed by atoms with E-state index in [-0.39, 0.29) is 0 Å². The number of aryl methyl sites for hydroxylation is 1. The van der Waals surface area contributed by atoms with Crippen molar-refractivity contribution in [3.8, 4) is 6.07 Å². The smallest absolute Gasteiger partial charge is 0.143 e. The highest BCUT2D eigenvalue weighted by Crippen LogP contribution is 2.25. The summed E-state index contributed by atoms with van der Waals surface area (Å²) in [5.41, 5.74) is 1.56. The molecule has 0 aliphatic carbocycles. The normalized spacial score (nSPS) is 11.8. The highest BCUT2D eigenvalue weighted by Gasteiger charge is 2.13. The SMILES string of the molecule is Cn1cc(C(C#N)Nc2ccccc2Cl)cn1. The van der Waals surface area contributed by atoms with Gasteiger partial charge in [-0.25, -0.2) is 0 Å². The van der Waals surface area contributed by atoms with E-state index >= 15 is 0 Å². The van der Waals surface area contributed by atoms with Crippen LogP contribution in [-0.4, -0.2) is 9.78 Å². The summed E-state index contributed by atoms with van der Waals surface area (Å²) in [6.07, 6.45) is 3.47. The Morgan fingerprint density at radius 2 is 2.24 bits per heavy atom. The number of anilines is 1. The van der Waals surface area contributed by atoms with Gasteiger partial charge in [0.2, 0.25) is 0 Å². The largest absolute Gasteiger partial charge is 0.365 e. The van der Waals surface area contributed by atoms with Crippen molar-refractivity contribution in [3.05, 3.63) is 47.2 Å². The third-order valence-electron chi connectivity index (χ3n) is 2.36. The Kier molecular flexibility index (Phi) is 3.31. The Bertz CT molecular complexity index is 556. The van der Waals surface area contributed by atoms with E-state index in [2.05, 4.69) is 16.5 Å². The van der Waals surface area contributed by atoms with E-state index in [1.54, 1.807) is 23.1 Å². The minimum Gasteiger partial charge on any atom is -0.365 e. The van der Waals surface area contributed by atoms with Gasteiger partial charge in [-0.15, -0.1) is 0 Å². The van der Waals surface area contributed by atoms with E-state index in [1.807, 2.05) is 25.2 Å². The molecule has 0 bridgehead atoms. The van der Waals surface area contributed by atoms with Crippen LogP contribution in [0, 0.1) is 11.3 Å². The summed E-state index contributed by atoms with van der Waals surface area (Å²) in [6.45, 7) is 0. The topological polar surface area (TPSA) is 53.6 Å². The van der Waals surface area contributed by atoms with Gasteiger partial charge >= 0.3 is 0 Å². The van der Waals surface area contributed by atoms with E-state index in [0.29, 0.717) is 5.02 Å². The maximum atomic E-state index is 9.15. The maximum absolute atomic E-state index is 9.15. The van der Waals surface area contributed by atoms with Gasteiger partial charge in [0.15, 0.2) is 0 Å². The summed E-state index contributed by atoms with van der Waals surface area (Å²) in [4.78, 5) is 0. The molecule has 0 aliphatic rings. The molecule has 0 radical (unpaired) electrons. The van der Waals surface area contributed by atoms with E-state index in [9.17, 15) is 0 Å². The summed E-state index contributed by atoms with van der Waals surface area (Å²) >= 11 is 6.03. The highest BCUT2D eigenvalue weighted by molar-refractivity contribution is 6.33. The molecule has 1 unspecified atom stereocenters. The number of halogens is 1. The van der Waals surface area contributed by atoms with E-state index < -0.39 is 6.04 Å². The van der Waals surface area contributed by atoms with Crippen LogP contribution in [0.15, 0.2) is 36.7 Å². The fourth-order valence-corrected chi connectivity index (χ4v) is 1.70. The number of rotatable bonds is 3. The minimum atomic E-state index is -0.455. The van der Waals surface area contributed by atoms with Crippen molar-refractivity contribution in [1.82, 2.24) is 9.78 Å². The third kappa shape index (κ3) is 2.58.